The van der Waals surface area contributed by atoms with Crippen LogP contribution in [-0.4, -0.2) is 30.7 Å². The van der Waals surface area contributed by atoms with Crippen molar-refractivity contribution in [2.75, 3.05) is 19.6 Å². The molecule has 0 bridgehead atoms. The molecular weight excluding hydrogens is 174 g/mol. The van der Waals surface area contributed by atoms with Gasteiger partial charge < -0.3 is 10.6 Å². The third kappa shape index (κ3) is 2.30. The van der Waals surface area contributed by atoms with E-state index in [1.807, 2.05) is 12.3 Å². The summed E-state index contributed by atoms with van der Waals surface area (Å²) in [5.74, 6) is 0. The first-order valence-electron chi connectivity index (χ1n) is 5.21. The van der Waals surface area contributed by atoms with Crippen molar-refractivity contribution in [1.29, 1.82) is 0 Å². The lowest BCUT2D eigenvalue weighted by molar-refractivity contribution is 0.414. The smallest absolute Gasteiger partial charge is 0.0448 e. The average molecular weight is 191 g/mol. The summed E-state index contributed by atoms with van der Waals surface area (Å²) in [4.78, 5) is 4.40. The van der Waals surface area contributed by atoms with Crippen LogP contribution in [0.1, 0.15) is 11.3 Å². The Bertz CT molecular complexity index is 292. The number of aryl methyl sites for hydroxylation is 1. The van der Waals surface area contributed by atoms with Crippen LogP contribution in [0, 0.1) is 6.92 Å². The Labute approximate surface area is 84.9 Å². The minimum atomic E-state index is 0.539. The van der Waals surface area contributed by atoms with Crippen molar-refractivity contribution in [1.82, 2.24) is 15.6 Å². The minimum Gasteiger partial charge on any atom is -0.314 e. The van der Waals surface area contributed by atoms with E-state index >= 15 is 0 Å². The second kappa shape index (κ2) is 4.53. The van der Waals surface area contributed by atoms with E-state index in [2.05, 4.69) is 28.6 Å². The summed E-state index contributed by atoms with van der Waals surface area (Å²) < 4.78 is 0. The molecule has 2 rings (SSSR count). The molecule has 1 aliphatic rings. The topological polar surface area (TPSA) is 37.0 Å². The first-order valence-corrected chi connectivity index (χ1v) is 5.21. The summed E-state index contributed by atoms with van der Waals surface area (Å²) in [5.41, 5.74) is 2.51. The van der Waals surface area contributed by atoms with Gasteiger partial charge in [-0.3, -0.25) is 4.98 Å². The first kappa shape index (κ1) is 9.62. The molecule has 1 aromatic heterocycles. The number of hydrogen-bond donors (Lipinski definition) is 2. The molecule has 0 spiro atoms. The molecule has 1 fully saturated rings. The Morgan fingerprint density at radius 3 is 3.14 bits per heavy atom. The lowest BCUT2D eigenvalue weighted by atomic mass is 10.1. The van der Waals surface area contributed by atoms with Crippen molar-refractivity contribution in [2.45, 2.75) is 19.4 Å². The van der Waals surface area contributed by atoms with E-state index in [4.69, 9.17) is 0 Å². The molecule has 0 saturated carbocycles. The van der Waals surface area contributed by atoms with Crippen LogP contribution in [0.3, 0.4) is 0 Å². The molecule has 76 valence electrons. The summed E-state index contributed by atoms with van der Waals surface area (Å²) >= 11 is 0. The first-order chi connectivity index (χ1) is 6.86. The summed E-state index contributed by atoms with van der Waals surface area (Å²) in [6.07, 6.45) is 2.90. The molecule has 1 aromatic rings. The monoisotopic (exact) mass is 191 g/mol. The number of rotatable bonds is 2. The zero-order valence-electron chi connectivity index (χ0n) is 8.59. The highest BCUT2D eigenvalue weighted by Gasteiger charge is 2.13. The van der Waals surface area contributed by atoms with Crippen molar-refractivity contribution in [3.63, 3.8) is 0 Å². The number of nitrogens with zero attached hydrogens (tertiary/aromatic N) is 1. The van der Waals surface area contributed by atoms with Crippen LogP contribution in [0.15, 0.2) is 18.3 Å². The van der Waals surface area contributed by atoms with Crippen LogP contribution in [-0.2, 0) is 6.42 Å². The van der Waals surface area contributed by atoms with Gasteiger partial charge in [-0.1, -0.05) is 6.07 Å². The average Bonchev–Trinajstić information content (AvgIpc) is 2.23. The molecule has 1 saturated heterocycles. The van der Waals surface area contributed by atoms with Gasteiger partial charge >= 0.3 is 0 Å². The maximum Gasteiger partial charge on any atom is 0.0448 e. The van der Waals surface area contributed by atoms with Crippen molar-refractivity contribution in [2.24, 2.45) is 0 Å². The van der Waals surface area contributed by atoms with Crippen molar-refractivity contribution in [3.8, 4) is 0 Å². The van der Waals surface area contributed by atoms with E-state index in [0.717, 1.165) is 26.1 Å². The van der Waals surface area contributed by atoms with Crippen LogP contribution in [0.25, 0.3) is 0 Å². The highest BCUT2D eigenvalue weighted by Crippen LogP contribution is 2.06. The van der Waals surface area contributed by atoms with Crippen molar-refractivity contribution in [3.05, 3.63) is 29.6 Å². The molecule has 0 aromatic carbocycles. The SMILES string of the molecule is Cc1cccnc1CC1CNCCN1. The molecule has 3 nitrogen and oxygen atoms in total. The second-order valence-electron chi connectivity index (χ2n) is 3.83. The van der Waals surface area contributed by atoms with E-state index in [-0.39, 0.29) is 0 Å². The van der Waals surface area contributed by atoms with Crippen LogP contribution in [0.4, 0.5) is 0 Å². The highest BCUT2D eigenvalue weighted by atomic mass is 15.1. The van der Waals surface area contributed by atoms with Crippen molar-refractivity contribution >= 4 is 0 Å². The molecule has 2 N–H and O–H groups in total. The molecule has 1 unspecified atom stereocenters. The van der Waals surface area contributed by atoms with E-state index in [0.29, 0.717) is 6.04 Å². The Kier molecular flexibility index (Phi) is 3.11. The van der Waals surface area contributed by atoms with Gasteiger partial charge in [-0.2, -0.15) is 0 Å². The number of piperazine rings is 1. The molecule has 0 aliphatic carbocycles. The maximum atomic E-state index is 4.40. The predicted octanol–water partition coefficient (Wildman–Crippen LogP) is 0.494. The molecule has 1 atom stereocenters. The van der Waals surface area contributed by atoms with E-state index in [1.165, 1.54) is 11.3 Å². The fraction of sp³-hybridized carbons (Fsp3) is 0.545. The van der Waals surface area contributed by atoms with Crippen molar-refractivity contribution < 1.29 is 0 Å². The Morgan fingerprint density at radius 2 is 2.43 bits per heavy atom. The lowest BCUT2D eigenvalue weighted by Gasteiger charge is -2.24. The fourth-order valence-electron chi connectivity index (χ4n) is 1.82. The lowest BCUT2D eigenvalue weighted by Crippen LogP contribution is -2.49. The fourth-order valence-corrected chi connectivity index (χ4v) is 1.82. The number of hydrogen-bond acceptors (Lipinski definition) is 3. The third-order valence-electron chi connectivity index (χ3n) is 2.68. The van der Waals surface area contributed by atoms with Gasteiger partial charge in [-0.15, -0.1) is 0 Å². The largest absolute Gasteiger partial charge is 0.314 e. The van der Waals surface area contributed by atoms with E-state index in [1.54, 1.807) is 0 Å². The molecule has 14 heavy (non-hydrogen) atoms. The molecule has 0 radical (unpaired) electrons. The predicted molar refractivity (Wildman–Crippen MR) is 57.3 cm³/mol. The van der Waals surface area contributed by atoms with E-state index in [9.17, 15) is 0 Å². The summed E-state index contributed by atoms with van der Waals surface area (Å²) in [6, 6.07) is 4.65. The van der Waals surface area contributed by atoms with E-state index < -0.39 is 0 Å². The summed E-state index contributed by atoms with van der Waals surface area (Å²) in [6.45, 7) is 5.32. The quantitative estimate of drug-likeness (QED) is 0.714. The normalized spacial score (nSPS) is 22.2. The van der Waals surface area contributed by atoms with Gasteiger partial charge in [0, 0.05) is 44.0 Å². The van der Waals surface area contributed by atoms with Gasteiger partial charge in [0.2, 0.25) is 0 Å². The van der Waals surface area contributed by atoms with Gasteiger partial charge in [0.25, 0.3) is 0 Å². The number of nitrogens with one attached hydrogen (secondary N) is 2. The zero-order chi connectivity index (χ0) is 9.80. The minimum absolute atomic E-state index is 0.539. The molecule has 1 aliphatic heterocycles. The maximum absolute atomic E-state index is 4.40. The van der Waals surface area contributed by atoms with Crippen LogP contribution >= 0.6 is 0 Å². The molecule has 2 heterocycles. The van der Waals surface area contributed by atoms with Gasteiger partial charge in [-0.25, -0.2) is 0 Å². The highest BCUT2D eigenvalue weighted by molar-refractivity contribution is 5.18. The molecule has 0 amide bonds. The van der Waals surface area contributed by atoms with Crippen LogP contribution < -0.4 is 10.6 Å². The third-order valence-corrected chi connectivity index (χ3v) is 2.68. The van der Waals surface area contributed by atoms with Gasteiger partial charge in [-0.05, 0) is 18.6 Å². The summed E-state index contributed by atoms with van der Waals surface area (Å²) in [5, 5.41) is 6.88. The second-order valence-corrected chi connectivity index (χ2v) is 3.83. The Hall–Kier alpha value is -0.930. The van der Waals surface area contributed by atoms with Crippen LogP contribution in [0.5, 0.6) is 0 Å². The summed E-state index contributed by atoms with van der Waals surface area (Å²) in [7, 11) is 0. The number of pyridine rings is 1. The molecular formula is C11H17N3. The Morgan fingerprint density at radius 1 is 1.50 bits per heavy atom. The Balaban J connectivity index is 1.99. The van der Waals surface area contributed by atoms with Crippen LogP contribution in [0.2, 0.25) is 0 Å². The number of aromatic nitrogens is 1. The van der Waals surface area contributed by atoms with Gasteiger partial charge in [0.05, 0.1) is 0 Å². The zero-order valence-corrected chi connectivity index (χ0v) is 8.59. The molecule has 3 heteroatoms. The standard InChI is InChI=1S/C11H17N3/c1-9-3-2-4-14-11(9)7-10-8-12-5-6-13-10/h2-4,10,12-13H,5-8H2,1H3. The van der Waals surface area contributed by atoms with Gasteiger partial charge in [0.15, 0.2) is 0 Å². The van der Waals surface area contributed by atoms with Gasteiger partial charge in [0.1, 0.15) is 0 Å².